The van der Waals surface area contributed by atoms with E-state index in [1.807, 2.05) is 30.3 Å². The van der Waals surface area contributed by atoms with E-state index in [0.29, 0.717) is 28.1 Å². The van der Waals surface area contributed by atoms with Crippen LogP contribution in [0.4, 0.5) is 10.1 Å². The third kappa shape index (κ3) is 3.92. The molecule has 1 aromatic heterocycles. The largest absolute Gasteiger partial charge is 0.270 e. The molecule has 0 aliphatic carbocycles. The van der Waals surface area contributed by atoms with Gasteiger partial charge in [0.05, 0.1) is 27.3 Å². The fourth-order valence-electron chi connectivity index (χ4n) is 3.96. The Hall–Kier alpha value is -4.73. The fourth-order valence-corrected chi connectivity index (χ4v) is 3.96. The lowest BCUT2D eigenvalue weighted by atomic mass is 9.97. The monoisotopic (exact) mass is 456 g/mol. The molecule has 0 unspecified atom stereocenters. The van der Waals surface area contributed by atoms with Crippen LogP contribution in [0.25, 0.3) is 16.9 Å². The molecule has 4 aromatic rings. The van der Waals surface area contributed by atoms with Gasteiger partial charge in [-0.05, 0) is 36.4 Å². The van der Waals surface area contributed by atoms with E-state index in [-0.39, 0.29) is 17.9 Å². The standard InChI is InChI=1S/C24H17FN6O3/c25-18-11-9-16(10-12-18)24-21(15-29(27-24)19-6-2-1-3-7-19)23-14-22(26-30(23)28-32)17-5-4-8-20(13-17)31(33)34/h1-13,15,23H,14H2/t23-/m1/s1. The maximum Gasteiger partial charge on any atom is 0.270 e. The van der Waals surface area contributed by atoms with Crippen molar-refractivity contribution < 1.29 is 9.31 Å². The lowest BCUT2D eigenvalue weighted by Crippen LogP contribution is -2.13. The molecule has 1 aliphatic rings. The molecular formula is C24H17FN6O3. The van der Waals surface area contributed by atoms with Gasteiger partial charge in [-0.3, -0.25) is 10.1 Å². The van der Waals surface area contributed by atoms with Crippen LogP contribution < -0.4 is 0 Å². The topological polar surface area (TPSA) is 106 Å². The second-order valence-electron chi connectivity index (χ2n) is 7.70. The minimum atomic E-state index is -0.593. The molecule has 3 aromatic carbocycles. The number of nitro groups is 1. The van der Waals surface area contributed by atoms with Crippen molar-refractivity contribution >= 4 is 11.4 Å². The number of hydrogen-bond donors (Lipinski definition) is 0. The Morgan fingerprint density at radius 3 is 2.47 bits per heavy atom. The Balaban J connectivity index is 1.58. The second-order valence-corrected chi connectivity index (χ2v) is 7.70. The minimum Gasteiger partial charge on any atom is -0.258 e. The quantitative estimate of drug-likeness (QED) is 0.219. The van der Waals surface area contributed by atoms with E-state index < -0.39 is 11.0 Å². The summed E-state index contributed by atoms with van der Waals surface area (Å²) in [7, 11) is 0. The SMILES string of the molecule is O=NN1N=C(c2cccc([N+](=O)[O-])c2)C[C@@H]1c1cn(-c2ccccc2)nc1-c1ccc(F)cc1. The van der Waals surface area contributed by atoms with Crippen LogP contribution in [-0.2, 0) is 0 Å². The molecule has 9 nitrogen and oxygen atoms in total. The summed E-state index contributed by atoms with van der Waals surface area (Å²) in [4.78, 5) is 22.4. The van der Waals surface area contributed by atoms with E-state index in [1.54, 1.807) is 35.1 Å². The van der Waals surface area contributed by atoms with Crippen molar-refractivity contribution in [2.75, 3.05) is 0 Å². The van der Waals surface area contributed by atoms with Crippen molar-refractivity contribution in [2.24, 2.45) is 10.4 Å². The van der Waals surface area contributed by atoms with Gasteiger partial charge in [0.2, 0.25) is 0 Å². The molecule has 34 heavy (non-hydrogen) atoms. The molecule has 0 bridgehead atoms. The number of hydrogen-bond acceptors (Lipinski definition) is 6. The number of hydrazone groups is 1. The number of nitrogens with zero attached hydrogens (tertiary/aromatic N) is 6. The first-order chi connectivity index (χ1) is 16.5. The highest BCUT2D eigenvalue weighted by Gasteiger charge is 2.34. The lowest BCUT2D eigenvalue weighted by Gasteiger charge is -2.15. The Kier molecular flexibility index (Phi) is 5.38. The highest BCUT2D eigenvalue weighted by atomic mass is 19.1. The maximum absolute atomic E-state index is 13.6. The zero-order chi connectivity index (χ0) is 23.7. The summed E-state index contributed by atoms with van der Waals surface area (Å²) < 4.78 is 15.2. The van der Waals surface area contributed by atoms with Crippen LogP contribution in [0.1, 0.15) is 23.6 Å². The highest BCUT2D eigenvalue weighted by Crippen LogP contribution is 2.38. The smallest absolute Gasteiger partial charge is 0.258 e. The molecule has 0 saturated heterocycles. The number of benzene rings is 3. The maximum atomic E-state index is 13.6. The summed E-state index contributed by atoms with van der Waals surface area (Å²) in [6.07, 6.45) is 2.07. The zero-order valence-electron chi connectivity index (χ0n) is 17.7. The van der Waals surface area contributed by atoms with Gasteiger partial charge in [0.15, 0.2) is 0 Å². The number of nitroso groups, excluding NO2 is 1. The molecule has 0 spiro atoms. The molecule has 0 amide bonds. The molecule has 0 N–H and O–H groups in total. The van der Waals surface area contributed by atoms with Gasteiger partial charge in [0.1, 0.15) is 11.9 Å². The number of halogens is 1. The number of aromatic nitrogens is 2. The average Bonchev–Trinajstić information content (AvgIpc) is 3.50. The van der Waals surface area contributed by atoms with Crippen LogP contribution in [0.3, 0.4) is 0 Å². The number of non-ortho nitro benzene ring substituents is 1. The molecule has 0 radical (unpaired) electrons. The summed E-state index contributed by atoms with van der Waals surface area (Å²) in [6.45, 7) is 0. The van der Waals surface area contributed by atoms with Crippen molar-refractivity contribution in [1.29, 1.82) is 0 Å². The molecule has 0 fully saturated rings. The summed E-state index contributed by atoms with van der Waals surface area (Å²) in [5.41, 5.74) is 3.65. The summed E-state index contributed by atoms with van der Waals surface area (Å²) >= 11 is 0. The van der Waals surface area contributed by atoms with Gasteiger partial charge in [0.25, 0.3) is 5.69 Å². The molecule has 5 rings (SSSR count). The number of nitro benzene ring substituents is 1. The predicted octanol–water partition coefficient (Wildman–Crippen LogP) is 5.42. The Morgan fingerprint density at radius 2 is 1.76 bits per heavy atom. The molecule has 1 aliphatic heterocycles. The third-order valence-electron chi connectivity index (χ3n) is 5.60. The van der Waals surface area contributed by atoms with Crippen molar-refractivity contribution in [2.45, 2.75) is 12.5 Å². The number of rotatable bonds is 6. The molecule has 0 saturated carbocycles. The second kappa shape index (κ2) is 8.66. The van der Waals surface area contributed by atoms with Gasteiger partial charge in [-0.15, -0.1) is 10.0 Å². The molecule has 2 heterocycles. The summed E-state index contributed by atoms with van der Waals surface area (Å²) in [6, 6.07) is 20.8. The Morgan fingerprint density at radius 1 is 1.00 bits per heavy atom. The first-order valence-electron chi connectivity index (χ1n) is 10.4. The van der Waals surface area contributed by atoms with E-state index in [9.17, 15) is 19.4 Å². The zero-order valence-corrected chi connectivity index (χ0v) is 17.7. The van der Waals surface area contributed by atoms with Crippen LogP contribution in [0.2, 0.25) is 0 Å². The average molecular weight is 456 g/mol. The van der Waals surface area contributed by atoms with E-state index in [1.165, 1.54) is 24.3 Å². The number of para-hydroxylation sites is 1. The van der Waals surface area contributed by atoms with Crippen LogP contribution in [0, 0.1) is 20.8 Å². The van der Waals surface area contributed by atoms with Gasteiger partial charge in [-0.1, -0.05) is 30.3 Å². The third-order valence-corrected chi connectivity index (χ3v) is 5.60. The Labute approximate surface area is 192 Å². The van der Waals surface area contributed by atoms with Gasteiger partial charge in [0, 0.05) is 41.4 Å². The first-order valence-corrected chi connectivity index (χ1v) is 10.4. The van der Waals surface area contributed by atoms with Gasteiger partial charge >= 0.3 is 0 Å². The van der Waals surface area contributed by atoms with Crippen molar-refractivity contribution in [3.63, 3.8) is 0 Å². The fraction of sp³-hybridized carbons (Fsp3) is 0.0833. The molecule has 10 heteroatoms. The highest BCUT2D eigenvalue weighted by molar-refractivity contribution is 6.02. The van der Waals surface area contributed by atoms with E-state index in [0.717, 1.165) is 10.8 Å². The van der Waals surface area contributed by atoms with E-state index in [4.69, 9.17) is 5.10 Å². The van der Waals surface area contributed by atoms with Crippen LogP contribution in [0.5, 0.6) is 0 Å². The van der Waals surface area contributed by atoms with Crippen molar-refractivity contribution in [3.8, 4) is 16.9 Å². The van der Waals surface area contributed by atoms with E-state index >= 15 is 0 Å². The van der Waals surface area contributed by atoms with Gasteiger partial charge in [-0.25, -0.2) is 9.07 Å². The molecular weight excluding hydrogens is 439 g/mol. The Bertz CT molecular complexity index is 1400. The molecule has 1 atom stereocenters. The summed E-state index contributed by atoms with van der Waals surface area (Å²) in [5, 5.41) is 24.3. The van der Waals surface area contributed by atoms with Crippen molar-refractivity contribution in [1.82, 2.24) is 14.9 Å². The summed E-state index contributed by atoms with van der Waals surface area (Å²) in [5.74, 6) is -0.374. The normalized spacial score (nSPS) is 15.3. The minimum absolute atomic E-state index is 0.0711. The molecule has 168 valence electrons. The predicted molar refractivity (Wildman–Crippen MR) is 124 cm³/mol. The van der Waals surface area contributed by atoms with Crippen molar-refractivity contribution in [3.05, 3.63) is 117 Å². The van der Waals surface area contributed by atoms with Gasteiger partial charge < -0.3 is 0 Å². The van der Waals surface area contributed by atoms with Crippen LogP contribution in [0.15, 0.2) is 95.4 Å². The van der Waals surface area contributed by atoms with Gasteiger partial charge in [-0.2, -0.15) is 10.2 Å². The van der Waals surface area contributed by atoms with Crippen LogP contribution in [-0.4, -0.2) is 25.5 Å². The van der Waals surface area contributed by atoms with E-state index in [2.05, 4.69) is 10.4 Å². The lowest BCUT2D eigenvalue weighted by molar-refractivity contribution is -0.384. The van der Waals surface area contributed by atoms with Crippen LogP contribution >= 0.6 is 0 Å². The first kappa shape index (κ1) is 21.1.